The summed E-state index contributed by atoms with van der Waals surface area (Å²) in [6.45, 7) is 9.73. The molecule has 2 rings (SSSR count). The summed E-state index contributed by atoms with van der Waals surface area (Å²) in [7, 11) is 1.82. The highest BCUT2D eigenvalue weighted by Crippen LogP contribution is 2.26. The molecule has 2 heterocycles. The van der Waals surface area contributed by atoms with Gasteiger partial charge in [0.25, 0.3) is 0 Å². The molecule has 0 aliphatic carbocycles. The van der Waals surface area contributed by atoms with Gasteiger partial charge < -0.3 is 10.2 Å². The van der Waals surface area contributed by atoms with Crippen LogP contribution in [0.4, 0.5) is 11.8 Å². The van der Waals surface area contributed by atoms with Crippen LogP contribution in [0.25, 0.3) is 11.0 Å². The molecular weight excluding hydrogens is 240 g/mol. The molecule has 0 amide bonds. The summed E-state index contributed by atoms with van der Waals surface area (Å²) in [5, 5.41) is 11.0. The second-order valence-electron chi connectivity index (χ2n) is 5.39. The first-order valence-corrected chi connectivity index (χ1v) is 6.68. The van der Waals surface area contributed by atoms with Crippen molar-refractivity contribution in [2.24, 2.45) is 5.92 Å². The standard InChI is InChI=1S/C13H22N6/c1-8(2)7-19(9(3)4)12-10-6-15-18-11(10)16-13(14-5)17-12/h6,8-9H,7H2,1-5H3,(H2,14,15,16,17,18). The minimum atomic E-state index is 0.375. The zero-order valence-electron chi connectivity index (χ0n) is 12.2. The third-order valence-corrected chi connectivity index (χ3v) is 2.97. The lowest BCUT2D eigenvalue weighted by Crippen LogP contribution is -2.35. The quantitative estimate of drug-likeness (QED) is 0.865. The number of nitrogens with zero attached hydrogens (tertiary/aromatic N) is 4. The van der Waals surface area contributed by atoms with E-state index in [1.54, 1.807) is 6.20 Å². The maximum Gasteiger partial charge on any atom is 0.226 e. The third-order valence-electron chi connectivity index (χ3n) is 2.97. The van der Waals surface area contributed by atoms with E-state index in [0.717, 1.165) is 23.4 Å². The predicted octanol–water partition coefficient (Wildman–Crippen LogP) is 2.27. The zero-order valence-corrected chi connectivity index (χ0v) is 12.2. The van der Waals surface area contributed by atoms with Crippen LogP contribution in [0, 0.1) is 5.92 Å². The van der Waals surface area contributed by atoms with Gasteiger partial charge in [0, 0.05) is 19.6 Å². The molecule has 0 spiro atoms. The molecule has 6 nitrogen and oxygen atoms in total. The van der Waals surface area contributed by atoms with Gasteiger partial charge in [-0.3, -0.25) is 5.10 Å². The average Bonchev–Trinajstić information content (AvgIpc) is 2.82. The van der Waals surface area contributed by atoms with E-state index in [4.69, 9.17) is 0 Å². The lowest BCUT2D eigenvalue weighted by atomic mass is 10.1. The molecule has 19 heavy (non-hydrogen) atoms. The van der Waals surface area contributed by atoms with Crippen LogP contribution in [0.1, 0.15) is 27.7 Å². The number of nitrogens with one attached hydrogen (secondary N) is 2. The monoisotopic (exact) mass is 262 g/mol. The van der Waals surface area contributed by atoms with Gasteiger partial charge in [0.15, 0.2) is 5.65 Å². The van der Waals surface area contributed by atoms with Gasteiger partial charge in [-0.2, -0.15) is 15.1 Å². The largest absolute Gasteiger partial charge is 0.357 e. The molecule has 0 saturated carbocycles. The molecule has 6 heteroatoms. The van der Waals surface area contributed by atoms with Crippen molar-refractivity contribution in [3.05, 3.63) is 6.20 Å². The summed E-state index contributed by atoms with van der Waals surface area (Å²) >= 11 is 0. The summed E-state index contributed by atoms with van der Waals surface area (Å²) < 4.78 is 0. The Labute approximate surface area is 113 Å². The van der Waals surface area contributed by atoms with E-state index in [2.05, 4.69) is 58.1 Å². The number of rotatable bonds is 5. The van der Waals surface area contributed by atoms with Gasteiger partial charge in [-0.1, -0.05) is 13.8 Å². The fraction of sp³-hybridized carbons (Fsp3) is 0.615. The first-order valence-electron chi connectivity index (χ1n) is 6.68. The Morgan fingerprint density at radius 3 is 2.58 bits per heavy atom. The molecule has 0 bridgehead atoms. The number of aromatic nitrogens is 4. The van der Waals surface area contributed by atoms with Crippen LogP contribution in [0.2, 0.25) is 0 Å². The van der Waals surface area contributed by atoms with Crippen molar-refractivity contribution in [3.63, 3.8) is 0 Å². The fourth-order valence-electron chi connectivity index (χ4n) is 2.09. The van der Waals surface area contributed by atoms with Gasteiger partial charge in [-0.25, -0.2) is 0 Å². The summed E-state index contributed by atoms with van der Waals surface area (Å²) in [6.07, 6.45) is 1.79. The van der Waals surface area contributed by atoms with E-state index in [1.807, 2.05) is 7.05 Å². The Morgan fingerprint density at radius 1 is 1.26 bits per heavy atom. The number of aromatic amines is 1. The van der Waals surface area contributed by atoms with Crippen LogP contribution in [0.5, 0.6) is 0 Å². The Hall–Kier alpha value is -1.85. The molecule has 0 atom stereocenters. The van der Waals surface area contributed by atoms with Gasteiger partial charge in [-0.05, 0) is 19.8 Å². The van der Waals surface area contributed by atoms with Crippen molar-refractivity contribution in [1.29, 1.82) is 0 Å². The van der Waals surface area contributed by atoms with Crippen LogP contribution in [-0.2, 0) is 0 Å². The lowest BCUT2D eigenvalue weighted by molar-refractivity contribution is 0.567. The van der Waals surface area contributed by atoms with E-state index in [9.17, 15) is 0 Å². The Bertz CT molecular complexity index is 545. The lowest BCUT2D eigenvalue weighted by Gasteiger charge is -2.30. The fourth-order valence-corrected chi connectivity index (χ4v) is 2.09. The molecule has 2 N–H and O–H groups in total. The van der Waals surface area contributed by atoms with Crippen molar-refractivity contribution in [2.45, 2.75) is 33.7 Å². The van der Waals surface area contributed by atoms with Gasteiger partial charge in [0.1, 0.15) is 5.82 Å². The topological polar surface area (TPSA) is 69.7 Å². The van der Waals surface area contributed by atoms with E-state index in [0.29, 0.717) is 17.9 Å². The van der Waals surface area contributed by atoms with Crippen molar-refractivity contribution in [2.75, 3.05) is 23.8 Å². The highest BCUT2D eigenvalue weighted by Gasteiger charge is 2.19. The summed E-state index contributed by atoms with van der Waals surface area (Å²) in [5.41, 5.74) is 0.767. The third kappa shape index (κ3) is 2.77. The SMILES string of the molecule is CNc1nc(N(CC(C)C)C(C)C)c2cn[nH]c2n1. The van der Waals surface area contributed by atoms with Crippen LogP contribution in [0.15, 0.2) is 6.20 Å². The van der Waals surface area contributed by atoms with E-state index in [1.165, 1.54) is 0 Å². The molecule has 0 saturated heterocycles. The minimum absolute atomic E-state index is 0.375. The number of H-pyrrole nitrogens is 1. The van der Waals surface area contributed by atoms with E-state index >= 15 is 0 Å². The van der Waals surface area contributed by atoms with Gasteiger partial charge >= 0.3 is 0 Å². The molecule has 0 fully saturated rings. The second-order valence-corrected chi connectivity index (χ2v) is 5.39. The molecule has 104 valence electrons. The van der Waals surface area contributed by atoms with Gasteiger partial charge in [0.05, 0.1) is 11.6 Å². The van der Waals surface area contributed by atoms with Crippen LogP contribution < -0.4 is 10.2 Å². The van der Waals surface area contributed by atoms with Crippen molar-refractivity contribution in [3.8, 4) is 0 Å². The molecular formula is C13H22N6. The maximum atomic E-state index is 4.61. The normalized spacial score (nSPS) is 11.5. The molecule has 0 unspecified atom stereocenters. The molecule has 0 aliphatic rings. The number of fused-ring (bicyclic) bond motifs is 1. The van der Waals surface area contributed by atoms with E-state index in [-0.39, 0.29) is 0 Å². The number of anilines is 2. The minimum Gasteiger partial charge on any atom is -0.357 e. The van der Waals surface area contributed by atoms with Gasteiger partial charge in [-0.15, -0.1) is 0 Å². The number of hydrogen-bond donors (Lipinski definition) is 2. The summed E-state index contributed by atoms with van der Waals surface area (Å²) in [5.74, 6) is 2.12. The zero-order chi connectivity index (χ0) is 14.0. The molecule has 2 aromatic heterocycles. The summed E-state index contributed by atoms with van der Waals surface area (Å²) in [4.78, 5) is 11.3. The highest BCUT2D eigenvalue weighted by atomic mass is 15.3. The van der Waals surface area contributed by atoms with Crippen molar-refractivity contribution >= 4 is 22.8 Å². The summed E-state index contributed by atoms with van der Waals surface area (Å²) in [6, 6.07) is 0.375. The van der Waals surface area contributed by atoms with Crippen molar-refractivity contribution < 1.29 is 0 Å². The molecule has 0 radical (unpaired) electrons. The van der Waals surface area contributed by atoms with Crippen LogP contribution in [-0.4, -0.2) is 39.8 Å². The van der Waals surface area contributed by atoms with Crippen molar-refractivity contribution in [1.82, 2.24) is 20.2 Å². The maximum absolute atomic E-state index is 4.61. The molecule has 0 aliphatic heterocycles. The van der Waals surface area contributed by atoms with E-state index < -0.39 is 0 Å². The first-order chi connectivity index (χ1) is 9.02. The molecule has 0 aromatic carbocycles. The highest BCUT2D eigenvalue weighted by molar-refractivity contribution is 5.87. The predicted molar refractivity (Wildman–Crippen MR) is 78.6 cm³/mol. The Morgan fingerprint density at radius 2 is 2.00 bits per heavy atom. The van der Waals surface area contributed by atoms with Crippen LogP contribution >= 0.6 is 0 Å². The van der Waals surface area contributed by atoms with Gasteiger partial charge in [0.2, 0.25) is 5.95 Å². The molecule has 2 aromatic rings. The Kier molecular flexibility index (Phi) is 3.87. The van der Waals surface area contributed by atoms with Crippen LogP contribution in [0.3, 0.4) is 0 Å². The number of hydrogen-bond acceptors (Lipinski definition) is 5. The average molecular weight is 262 g/mol. The second kappa shape index (κ2) is 5.42. The Balaban J connectivity index is 2.53. The smallest absolute Gasteiger partial charge is 0.226 e. The first kappa shape index (κ1) is 13.6.